The van der Waals surface area contributed by atoms with Crippen LogP contribution in [0.15, 0.2) is 53.0 Å². The summed E-state index contributed by atoms with van der Waals surface area (Å²) in [6.07, 6.45) is 0.922. The highest BCUT2D eigenvalue weighted by Crippen LogP contribution is 2.16. The van der Waals surface area contributed by atoms with Gasteiger partial charge in [0.1, 0.15) is 0 Å². The summed E-state index contributed by atoms with van der Waals surface area (Å²) in [7, 11) is 0. The van der Waals surface area contributed by atoms with Crippen LogP contribution >= 0.6 is 15.9 Å². The van der Waals surface area contributed by atoms with E-state index in [2.05, 4.69) is 68.3 Å². The average Bonchev–Trinajstić information content (AvgIpc) is 2.65. The van der Waals surface area contributed by atoms with E-state index in [9.17, 15) is 4.79 Å². The molecule has 2 aromatic rings. The third kappa shape index (κ3) is 5.40. The first-order valence-corrected chi connectivity index (χ1v) is 10.00. The maximum Gasteiger partial charge on any atom is 0.238 e. The molecular formula is C21H26BrN3O. The largest absolute Gasteiger partial charge is 0.325 e. The second-order valence-corrected chi connectivity index (χ2v) is 7.65. The summed E-state index contributed by atoms with van der Waals surface area (Å²) in [5.74, 6) is 0.0762. The van der Waals surface area contributed by atoms with Crippen LogP contribution < -0.4 is 5.32 Å². The molecule has 0 unspecified atom stereocenters. The number of carbonyl (C=O) groups excluding carboxylic acids is 1. The molecule has 138 valence electrons. The summed E-state index contributed by atoms with van der Waals surface area (Å²) in [5.41, 5.74) is 3.45. The van der Waals surface area contributed by atoms with Gasteiger partial charge < -0.3 is 5.32 Å². The van der Waals surface area contributed by atoms with Crippen LogP contribution in [0.1, 0.15) is 18.1 Å². The minimum absolute atomic E-state index is 0.0762. The first-order valence-electron chi connectivity index (χ1n) is 9.21. The maximum atomic E-state index is 12.4. The van der Waals surface area contributed by atoms with Crippen LogP contribution in [0.25, 0.3) is 0 Å². The van der Waals surface area contributed by atoms with Crippen molar-refractivity contribution < 1.29 is 4.79 Å². The molecule has 0 bridgehead atoms. The van der Waals surface area contributed by atoms with Gasteiger partial charge in [0.2, 0.25) is 5.91 Å². The number of anilines is 1. The summed E-state index contributed by atoms with van der Waals surface area (Å²) in [4.78, 5) is 17.1. The lowest BCUT2D eigenvalue weighted by Gasteiger charge is -2.34. The van der Waals surface area contributed by atoms with Gasteiger partial charge in [0, 0.05) is 42.9 Å². The van der Waals surface area contributed by atoms with Crippen molar-refractivity contribution >= 4 is 27.5 Å². The van der Waals surface area contributed by atoms with E-state index >= 15 is 0 Å². The molecular weight excluding hydrogens is 390 g/mol. The number of nitrogens with zero attached hydrogens (tertiary/aromatic N) is 2. The van der Waals surface area contributed by atoms with E-state index in [1.165, 1.54) is 11.1 Å². The van der Waals surface area contributed by atoms with Crippen LogP contribution in [0.3, 0.4) is 0 Å². The number of nitrogens with one attached hydrogen (secondary N) is 1. The highest BCUT2D eigenvalue weighted by atomic mass is 79.9. The van der Waals surface area contributed by atoms with Gasteiger partial charge in [-0.2, -0.15) is 0 Å². The first-order chi connectivity index (χ1) is 12.6. The van der Waals surface area contributed by atoms with Crippen molar-refractivity contribution in [3.05, 3.63) is 64.1 Å². The lowest BCUT2D eigenvalue weighted by molar-refractivity contribution is -0.117. The predicted octanol–water partition coefficient (Wildman–Crippen LogP) is 3.77. The Hall–Kier alpha value is -1.69. The quantitative estimate of drug-likeness (QED) is 0.779. The van der Waals surface area contributed by atoms with Gasteiger partial charge in [-0.15, -0.1) is 0 Å². The monoisotopic (exact) mass is 415 g/mol. The number of rotatable bonds is 6. The Morgan fingerprint density at radius 1 is 1.00 bits per heavy atom. The maximum absolute atomic E-state index is 12.4. The second-order valence-electron chi connectivity index (χ2n) is 6.74. The fraction of sp³-hybridized carbons (Fsp3) is 0.381. The topological polar surface area (TPSA) is 35.6 Å². The molecule has 2 aromatic carbocycles. The zero-order chi connectivity index (χ0) is 18.4. The molecule has 0 aromatic heterocycles. The number of para-hydroxylation sites is 1. The highest BCUT2D eigenvalue weighted by molar-refractivity contribution is 9.10. The van der Waals surface area contributed by atoms with E-state index in [1.807, 2.05) is 18.2 Å². The Labute approximate surface area is 164 Å². The molecule has 1 heterocycles. The average molecular weight is 416 g/mol. The van der Waals surface area contributed by atoms with Gasteiger partial charge in [-0.05, 0) is 35.7 Å². The Morgan fingerprint density at radius 3 is 2.35 bits per heavy atom. The van der Waals surface area contributed by atoms with E-state index in [1.54, 1.807) is 0 Å². The second kappa shape index (κ2) is 9.31. The van der Waals surface area contributed by atoms with Crippen molar-refractivity contribution in [2.45, 2.75) is 19.9 Å². The highest BCUT2D eigenvalue weighted by Gasteiger charge is 2.19. The summed E-state index contributed by atoms with van der Waals surface area (Å²) < 4.78 is 1.11. The molecule has 26 heavy (non-hydrogen) atoms. The molecule has 3 rings (SSSR count). The van der Waals surface area contributed by atoms with Crippen LogP contribution in [0.5, 0.6) is 0 Å². The molecule has 1 saturated heterocycles. The Morgan fingerprint density at radius 2 is 1.65 bits per heavy atom. The summed E-state index contributed by atoms with van der Waals surface area (Å²) >= 11 is 3.48. The van der Waals surface area contributed by atoms with Crippen molar-refractivity contribution in [2.75, 3.05) is 38.0 Å². The summed E-state index contributed by atoms with van der Waals surface area (Å²) in [6.45, 7) is 7.39. The molecule has 0 saturated carbocycles. The number of carbonyl (C=O) groups is 1. The molecule has 0 spiro atoms. The van der Waals surface area contributed by atoms with Crippen molar-refractivity contribution in [3.8, 4) is 0 Å². The molecule has 1 aliphatic heterocycles. The van der Waals surface area contributed by atoms with E-state index in [0.717, 1.165) is 49.3 Å². The molecule has 4 nitrogen and oxygen atoms in total. The molecule has 5 heteroatoms. The SMILES string of the molecule is CCc1ccccc1NC(=O)CN1CCN(Cc2ccc(Br)cc2)CC1. The standard InChI is InChI=1S/C21H26BrN3O/c1-2-18-5-3-4-6-20(18)23-21(26)16-25-13-11-24(12-14-25)15-17-7-9-19(22)10-8-17/h3-10H,2,11-16H2,1H3,(H,23,26). The molecule has 1 amide bonds. The lowest BCUT2D eigenvalue weighted by atomic mass is 10.1. The Balaban J connectivity index is 1.44. The van der Waals surface area contributed by atoms with Crippen molar-refractivity contribution in [2.24, 2.45) is 0 Å². The molecule has 0 radical (unpaired) electrons. The molecule has 0 atom stereocenters. The van der Waals surface area contributed by atoms with Gasteiger partial charge >= 0.3 is 0 Å². The number of benzene rings is 2. The van der Waals surface area contributed by atoms with Crippen LogP contribution in [0, 0.1) is 0 Å². The third-order valence-electron chi connectivity index (χ3n) is 4.82. The molecule has 1 N–H and O–H groups in total. The first kappa shape index (κ1) is 19.1. The normalized spacial score (nSPS) is 15.8. The van der Waals surface area contributed by atoms with E-state index in [4.69, 9.17) is 0 Å². The van der Waals surface area contributed by atoms with Crippen LogP contribution in [-0.2, 0) is 17.8 Å². The molecule has 0 aliphatic carbocycles. The van der Waals surface area contributed by atoms with Crippen LogP contribution in [0.4, 0.5) is 5.69 Å². The van der Waals surface area contributed by atoms with Crippen molar-refractivity contribution in [1.29, 1.82) is 0 Å². The number of hydrogen-bond acceptors (Lipinski definition) is 3. The summed E-state index contributed by atoms with van der Waals surface area (Å²) in [5, 5.41) is 3.07. The minimum atomic E-state index is 0.0762. The van der Waals surface area contributed by atoms with E-state index in [0.29, 0.717) is 6.54 Å². The van der Waals surface area contributed by atoms with Gasteiger partial charge in [0.25, 0.3) is 0 Å². The van der Waals surface area contributed by atoms with Gasteiger partial charge in [0.05, 0.1) is 6.54 Å². The fourth-order valence-electron chi connectivity index (χ4n) is 3.30. The number of amides is 1. The van der Waals surface area contributed by atoms with Gasteiger partial charge in [-0.1, -0.05) is 53.2 Å². The zero-order valence-electron chi connectivity index (χ0n) is 15.2. The van der Waals surface area contributed by atoms with Gasteiger partial charge in [0.15, 0.2) is 0 Å². The van der Waals surface area contributed by atoms with Gasteiger partial charge in [-0.25, -0.2) is 0 Å². The Bertz CT molecular complexity index is 724. The third-order valence-corrected chi connectivity index (χ3v) is 5.35. The lowest BCUT2D eigenvalue weighted by Crippen LogP contribution is -2.48. The van der Waals surface area contributed by atoms with Crippen molar-refractivity contribution in [3.63, 3.8) is 0 Å². The number of hydrogen-bond donors (Lipinski definition) is 1. The Kier molecular flexibility index (Phi) is 6.83. The number of halogens is 1. The molecule has 1 fully saturated rings. The number of piperazine rings is 1. The predicted molar refractivity (Wildman–Crippen MR) is 110 cm³/mol. The van der Waals surface area contributed by atoms with Crippen LogP contribution in [0.2, 0.25) is 0 Å². The van der Waals surface area contributed by atoms with E-state index < -0.39 is 0 Å². The minimum Gasteiger partial charge on any atom is -0.325 e. The van der Waals surface area contributed by atoms with Crippen LogP contribution in [-0.4, -0.2) is 48.4 Å². The van der Waals surface area contributed by atoms with Crippen molar-refractivity contribution in [1.82, 2.24) is 9.80 Å². The summed E-state index contributed by atoms with van der Waals surface area (Å²) in [6, 6.07) is 16.5. The zero-order valence-corrected chi connectivity index (χ0v) is 16.8. The van der Waals surface area contributed by atoms with E-state index in [-0.39, 0.29) is 5.91 Å². The number of aryl methyl sites for hydroxylation is 1. The smallest absolute Gasteiger partial charge is 0.238 e. The van der Waals surface area contributed by atoms with Gasteiger partial charge in [-0.3, -0.25) is 14.6 Å². The molecule has 1 aliphatic rings. The fourth-order valence-corrected chi connectivity index (χ4v) is 3.56.